The van der Waals surface area contributed by atoms with Gasteiger partial charge in [-0.05, 0) is 31.0 Å². The van der Waals surface area contributed by atoms with Gasteiger partial charge in [0.2, 0.25) is 5.91 Å². The third-order valence-corrected chi connectivity index (χ3v) is 3.53. The number of hydrogen-bond donors (Lipinski definition) is 2. The predicted molar refractivity (Wildman–Crippen MR) is 67.4 cm³/mol. The quantitative estimate of drug-likeness (QED) is 0.815. The Morgan fingerprint density at radius 3 is 3.00 bits per heavy atom. The molecule has 19 heavy (non-hydrogen) atoms. The molecule has 0 aliphatic carbocycles. The molecule has 6 nitrogen and oxygen atoms in total. The number of carbonyl (C=O) groups is 2. The number of likely N-dealkylation sites (tertiary alicyclic amines) is 1. The van der Waals surface area contributed by atoms with Crippen LogP contribution in [0.2, 0.25) is 0 Å². The van der Waals surface area contributed by atoms with E-state index in [0.717, 1.165) is 13.0 Å². The van der Waals surface area contributed by atoms with E-state index in [4.69, 9.17) is 4.42 Å². The molecule has 104 valence electrons. The standard InChI is InChI=1S/C13H18N2O4/c1-9-4-5-15(10(9)8-16)7-12(17)14-13(18)11-3-2-6-19-11/h2-3,6,9-10,16H,4-5,7-8H2,1H3,(H,14,17,18). The SMILES string of the molecule is CC1CCN(CC(=O)NC(=O)c2ccco2)C1CO. The fourth-order valence-electron chi connectivity index (χ4n) is 2.40. The van der Waals surface area contributed by atoms with Gasteiger partial charge in [-0.1, -0.05) is 6.92 Å². The van der Waals surface area contributed by atoms with Crippen molar-refractivity contribution in [2.24, 2.45) is 5.92 Å². The second-order valence-corrected chi connectivity index (χ2v) is 4.84. The van der Waals surface area contributed by atoms with Crippen molar-refractivity contribution >= 4 is 11.8 Å². The molecule has 1 aromatic rings. The summed E-state index contributed by atoms with van der Waals surface area (Å²) >= 11 is 0. The molecule has 1 fully saturated rings. The number of rotatable bonds is 4. The van der Waals surface area contributed by atoms with Crippen molar-refractivity contribution in [3.05, 3.63) is 24.2 Å². The summed E-state index contributed by atoms with van der Waals surface area (Å²) in [7, 11) is 0. The topological polar surface area (TPSA) is 82.8 Å². The average molecular weight is 266 g/mol. The maximum atomic E-state index is 11.8. The Labute approximate surface area is 111 Å². The molecule has 1 saturated heterocycles. The number of nitrogens with one attached hydrogen (secondary N) is 1. The first-order valence-corrected chi connectivity index (χ1v) is 6.34. The number of aliphatic hydroxyl groups excluding tert-OH is 1. The number of hydrogen-bond acceptors (Lipinski definition) is 5. The maximum absolute atomic E-state index is 11.8. The Hall–Kier alpha value is -1.66. The molecule has 1 aliphatic heterocycles. The highest BCUT2D eigenvalue weighted by molar-refractivity contribution is 6.03. The van der Waals surface area contributed by atoms with Crippen LogP contribution in [0.5, 0.6) is 0 Å². The molecule has 2 atom stereocenters. The zero-order valence-electron chi connectivity index (χ0n) is 10.8. The van der Waals surface area contributed by atoms with Crippen molar-refractivity contribution in [3.8, 4) is 0 Å². The highest BCUT2D eigenvalue weighted by Crippen LogP contribution is 2.22. The first kappa shape index (κ1) is 13.8. The van der Waals surface area contributed by atoms with E-state index >= 15 is 0 Å². The van der Waals surface area contributed by atoms with Gasteiger partial charge in [-0.15, -0.1) is 0 Å². The molecule has 0 spiro atoms. The summed E-state index contributed by atoms with van der Waals surface area (Å²) in [5.74, 6) is -0.447. The van der Waals surface area contributed by atoms with Gasteiger partial charge in [0.1, 0.15) is 0 Å². The smallest absolute Gasteiger partial charge is 0.293 e. The summed E-state index contributed by atoms with van der Waals surface area (Å²) in [6.07, 6.45) is 2.33. The summed E-state index contributed by atoms with van der Waals surface area (Å²) in [6.45, 7) is 2.95. The van der Waals surface area contributed by atoms with Crippen LogP contribution in [0, 0.1) is 5.92 Å². The van der Waals surface area contributed by atoms with Gasteiger partial charge in [-0.2, -0.15) is 0 Å². The summed E-state index contributed by atoms with van der Waals surface area (Å²) < 4.78 is 4.91. The minimum absolute atomic E-state index is 0.00975. The second kappa shape index (κ2) is 5.99. The van der Waals surface area contributed by atoms with Crippen molar-refractivity contribution in [1.82, 2.24) is 10.2 Å². The van der Waals surface area contributed by atoms with E-state index in [1.807, 2.05) is 11.8 Å². The highest BCUT2D eigenvalue weighted by atomic mass is 16.3. The van der Waals surface area contributed by atoms with Gasteiger partial charge in [0, 0.05) is 6.04 Å². The van der Waals surface area contributed by atoms with E-state index in [1.165, 1.54) is 12.3 Å². The van der Waals surface area contributed by atoms with Crippen molar-refractivity contribution in [1.29, 1.82) is 0 Å². The summed E-state index contributed by atoms with van der Waals surface area (Å²) in [4.78, 5) is 25.3. The van der Waals surface area contributed by atoms with Gasteiger partial charge in [0.05, 0.1) is 19.4 Å². The minimum Gasteiger partial charge on any atom is -0.459 e. The Balaban J connectivity index is 1.86. The van der Waals surface area contributed by atoms with Gasteiger partial charge >= 0.3 is 0 Å². The first-order valence-electron chi connectivity index (χ1n) is 6.34. The fraction of sp³-hybridized carbons (Fsp3) is 0.538. The molecule has 2 unspecified atom stereocenters. The van der Waals surface area contributed by atoms with E-state index in [2.05, 4.69) is 5.32 Å². The lowest BCUT2D eigenvalue weighted by Crippen LogP contribution is -2.44. The van der Waals surface area contributed by atoms with Crippen LogP contribution in [-0.4, -0.2) is 47.6 Å². The fourth-order valence-corrected chi connectivity index (χ4v) is 2.40. The van der Waals surface area contributed by atoms with Crippen LogP contribution < -0.4 is 5.32 Å². The molecule has 0 saturated carbocycles. The molecule has 2 N–H and O–H groups in total. The lowest BCUT2D eigenvalue weighted by atomic mass is 10.0. The molecule has 2 amide bonds. The molecule has 0 radical (unpaired) electrons. The number of furan rings is 1. The Kier molecular flexibility index (Phi) is 4.34. The molecule has 6 heteroatoms. The molecule has 0 aromatic carbocycles. The minimum atomic E-state index is -0.539. The van der Waals surface area contributed by atoms with E-state index in [1.54, 1.807) is 6.07 Å². The zero-order valence-corrected chi connectivity index (χ0v) is 10.8. The van der Waals surface area contributed by atoms with E-state index in [-0.39, 0.29) is 30.9 Å². The molecule has 1 aliphatic rings. The summed E-state index contributed by atoms with van der Waals surface area (Å²) in [5.41, 5.74) is 0. The van der Waals surface area contributed by atoms with Crippen molar-refractivity contribution in [2.75, 3.05) is 19.7 Å². The summed E-state index contributed by atoms with van der Waals surface area (Å²) in [5, 5.41) is 11.6. The van der Waals surface area contributed by atoms with Crippen LogP contribution in [0.1, 0.15) is 23.9 Å². The highest BCUT2D eigenvalue weighted by Gasteiger charge is 2.31. The summed E-state index contributed by atoms with van der Waals surface area (Å²) in [6, 6.07) is 3.07. The van der Waals surface area contributed by atoms with Crippen LogP contribution >= 0.6 is 0 Å². The number of nitrogens with zero attached hydrogens (tertiary/aromatic N) is 1. The van der Waals surface area contributed by atoms with Gasteiger partial charge in [-0.25, -0.2) is 0 Å². The Morgan fingerprint density at radius 2 is 2.37 bits per heavy atom. The first-order chi connectivity index (χ1) is 9.11. The molecule has 2 rings (SSSR count). The molecule has 1 aromatic heterocycles. The lowest BCUT2D eigenvalue weighted by Gasteiger charge is -2.23. The zero-order chi connectivity index (χ0) is 13.8. The van der Waals surface area contributed by atoms with Crippen molar-refractivity contribution < 1.29 is 19.1 Å². The van der Waals surface area contributed by atoms with Gasteiger partial charge in [0.25, 0.3) is 5.91 Å². The van der Waals surface area contributed by atoms with Crippen LogP contribution in [0.15, 0.2) is 22.8 Å². The van der Waals surface area contributed by atoms with Crippen molar-refractivity contribution in [3.63, 3.8) is 0 Å². The third-order valence-electron chi connectivity index (χ3n) is 3.53. The van der Waals surface area contributed by atoms with E-state index < -0.39 is 5.91 Å². The monoisotopic (exact) mass is 266 g/mol. The number of imide groups is 1. The van der Waals surface area contributed by atoms with E-state index in [0.29, 0.717) is 5.92 Å². The van der Waals surface area contributed by atoms with Crippen LogP contribution in [-0.2, 0) is 4.79 Å². The number of carbonyl (C=O) groups excluding carboxylic acids is 2. The molecular weight excluding hydrogens is 248 g/mol. The molecule has 0 bridgehead atoms. The number of amides is 2. The Morgan fingerprint density at radius 1 is 1.58 bits per heavy atom. The largest absolute Gasteiger partial charge is 0.459 e. The second-order valence-electron chi connectivity index (χ2n) is 4.84. The van der Waals surface area contributed by atoms with Crippen molar-refractivity contribution in [2.45, 2.75) is 19.4 Å². The molecule has 2 heterocycles. The maximum Gasteiger partial charge on any atom is 0.293 e. The van der Waals surface area contributed by atoms with Crippen LogP contribution in [0.25, 0.3) is 0 Å². The van der Waals surface area contributed by atoms with E-state index in [9.17, 15) is 14.7 Å². The Bertz CT molecular complexity index is 444. The number of aliphatic hydroxyl groups is 1. The van der Waals surface area contributed by atoms with Crippen LogP contribution in [0.3, 0.4) is 0 Å². The van der Waals surface area contributed by atoms with Gasteiger partial charge in [0.15, 0.2) is 5.76 Å². The predicted octanol–water partition coefficient (Wildman–Crippen LogP) is 0.239. The van der Waals surface area contributed by atoms with Gasteiger partial charge in [-0.3, -0.25) is 19.8 Å². The third kappa shape index (κ3) is 3.21. The lowest BCUT2D eigenvalue weighted by molar-refractivity contribution is -0.121. The average Bonchev–Trinajstić information content (AvgIpc) is 2.99. The normalized spacial score (nSPS) is 23.5. The molecular formula is C13H18N2O4. The van der Waals surface area contributed by atoms with Crippen LogP contribution in [0.4, 0.5) is 0 Å². The van der Waals surface area contributed by atoms with Gasteiger partial charge < -0.3 is 9.52 Å².